The van der Waals surface area contributed by atoms with Crippen LogP contribution in [0.4, 0.5) is 0 Å². The van der Waals surface area contributed by atoms with Crippen LogP contribution in [0.15, 0.2) is 6.20 Å². The van der Waals surface area contributed by atoms with E-state index in [1.165, 1.54) is 32.1 Å². The number of nitrogens with zero attached hydrogens (tertiary/aromatic N) is 2. The van der Waals surface area contributed by atoms with Gasteiger partial charge in [-0.1, -0.05) is 19.3 Å². The van der Waals surface area contributed by atoms with Crippen molar-refractivity contribution >= 4 is 5.97 Å². The Morgan fingerprint density at radius 2 is 2.18 bits per heavy atom. The van der Waals surface area contributed by atoms with Crippen molar-refractivity contribution in [3.05, 3.63) is 17.7 Å². The second-order valence-corrected chi connectivity index (χ2v) is 4.87. The molecule has 0 spiro atoms. The smallest absolute Gasteiger partial charge is 0.303 e. The highest BCUT2D eigenvalue weighted by Crippen LogP contribution is 2.30. The number of carboxylic acid groups (broad SMARTS) is 1. The molecule has 1 fully saturated rings. The third-order valence-electron chi connectivity index (χ3n) is 3.56. The predicted molar refractivity (Wildman–Crippen MR) is 65.0 cm³/mol. The van der Waals surface area contributed by atoms with Gasteiger partial charge in [-0.3, -0.25) is 4.79 Å². The van der Waals surface area contributed by atoms with E-state index in [0.29, 0.717) is 12.5 Å². The summed E-state index contributed by atoms with van der Waals surface area (Å²) in [6.07, 6.45) is 8.87. The van der Waals surface area contributed by atoms with Crippen LogP contribution in [0.1, 0.15) is 56.1 Å². The Morgan fingerprint density at radius 1 is 1.47 bits per heavy atom. The molecule has 0 bridgehead atoms. The fraction of sp³-hybridized carbons (Fsp3) is 0.692. The second kappa shape index (κ2) is 5.34. The van der Waals surface area contributed by atoms with Crippen molar-refractivity contribution in [1.29, 1.82) is 0 Å². The Kier molecular flexibility index (Phi) is 3.82. The molecule has 4 nitrogen and oxygen atoms in total. The molecule has 0 saturated heterocycles. The van der Waals surface area contributed by atoms with Gasteiger partial charge in [0, 0.05) is 24.4 Å². The molecule has 4 heteroatoms. The highest BCUT2D eigenvalue weighted by molar-refractivity contribution is 5.66. The molecule has 1 aliphatic rings. The number of carbonyl (C=O) groups is 1. The number of aryl methyl sites for hydroxylation is 2. The molecular weight excluding hydrogens is 216 g/mol. The molecule has 1 heterocycles. The van der Waals surface area contributed by atoms with Gasteiger partial charge in [0.1, 0.15) is 5.82 Å². The van der Waals surface area contributed by atoms with Crippen molar-refractivity contribution < 1.29 is 9.90 Å². The molecule has 0 atom stereocenters. The third-order valence-corrected chi connectivity index (χ3v) is 3.56. The van der Waals surface area contributed by atoms with Gasteiger partial charge in [-0.05, 0) is 19.8 Å². The third kappa shape index (κ3) is 2.87. The number of imidazole rings is 1. The monoisotopic (exact) mass is 236 g/mol. The van der Waals surface area contributed by atoms with E-state index in [2.05, 4.69) is 16.5 Å². The minimum Gasteiger partial charge on any atom is -0.481 e. The largest absolute Gasteiger partial charge is 0.481 e. The van der Waals surface area contributed by atoms with E-state index in [-0.39, 0.29) is 6.42 Å². The normalized spacial score (nSPS) is 17.2. The molecule has 0 radical (unpaired) electrons. The number of hydrogen-bond acceptors (Lipinski definition) is 2. The zero-order valence-electron chi connectivity index (χ0n) is 10.4. The predicted octanol–water partition coefficient (Wildman–Crippen LogP) is 2.71. The summed E-state index contributed by atoms with van der Waals surface area (Å²) >= 11 is 0. The lowest BCUT2D eigenvalue weighted by molar-refractivity contribution is -0.137. The maximum atomic E-state index is 10.6. The molecule has 0 aromatic carbocycles. The van der Waals surface area contributed by atoms with E-state index in [0.717, 1.165) is 11.5 Å². The summed E-state index contributed by atoms with van der Waals surface area (Å²) in [4.78, 5) is 15.0. The molecule has 1 aliphatic carbocycles. The fourth-order valence-electron chi connectivity index (χ4n) is 2.74. The van der Waals surface area contributed by atoms with Crippen molar-refractivity contribution in [2.45, 2.75) is 57.9 Å². The lowest BCUT2D eigenvalue weighted by Crippen LogP contribution is -2.17. The Bertz CT molecular complexity index is 392. The summed E-state index contributed by atoms with van der Waals surface area (Å²) in [7, 11) is 0. The zero-order valence-corrected chi connectivity index (χ0v) is 10.4. The summed E-state index contributed by atoms with van der Waals surface area (Å²) in [5.41, 5.74) is 1.16. The van der Waals surface area contributed by atoms with Crippen LogP contribution in [0, 0.1) is 6.92 Å². The van der Waals surface area contributed by atoms with Crippen molar-refractivity contribution in [2.24, 2.45) is 0 Å². The topological polar surface area (TPSA) is 55.1 Å². The van der Waals surface area contributed by atoms with Gasteiger partial charge in [0.2, 0.25) is 0 Å². The van der Waals surface area contributed by atoms with Gasteiger partial charge >= 0.3 is 5.97 Å². The number of rotatable bonds is 4. The Balaban J connectivity index is 2.13. The van der Waals surface area contributed by atoms with E-state index < -0.39 is 5.97 Å². The Morgan fingerprint density at radius 3 is 2.82 bits per heavy atom. The summed E-state index contributed by atoms with van der Waals surface area (Å²) in [6, 6.07) is 0.537. The minimum atomic E-state index is -0.749. The number of hydrogen-bond donors (Lipinski definition) is 1. The molecule has 17 heavy (non-hydrogen) atoms. The SMILES string of the molecule is Cc1cnc(CCC(=O)O)n1C1CCCCC1. The van der Waals surface area contributed by atoms with Crippen LogP contribution in [0.25, 0.3) is 0 Å². The van der Waals surface area contributed by atoms with Crippen LogP contribution in [0.2, 0.25) is 0 Å². The van der Waals surface area contributed by atoms with E-state index in [1.807, 2.05) is 6.20 Å². The number of aromatic nitrogens is 2. The van der Waals surface area contributed by atoms with Gasteiger partial charge in [0.25, 0.3) is 0 Å². The van der Waals surface area contributed by atoms with Gasteiger partial charge in [0.15, 0.2) is 0 Å². The standard InChI is InChI=1S/C13H20N2O2/c1-10-9-14-12(7-8-13(16)17)15(10)11-5-3-2-4-6-11/h9,11H,2-8H2,1H3,(H,16,17). The highest BCUT2D eigenvalue weighted by atomic mass is 16.4. The molecule has 94 valence electrons. The van der Waals surface area contributed by atoms with E-state index >= 15 is 0 Å². The van der Waals surface area contributed by atoms with Crippen LogP contribution in [-0.4, -0.2) is 20.6 Å². The first-order valence-electron chi connectivity index (χ1n) is 6.43. The lowest BCUT2D eigenvalue weighted by Gasteiger charge is -2.26. The van der Waals surface area contributed by atoms with Crippen molar-refractivity contribution in [3.63, 3.8) is 0 Å². The minimum absolute atomic E-state index is 0.170. The lowest BCUT2D eigenvalue weighted by atomic mass is 9.95. The van der Waals surface area contributed by atoms with Crippen LogP contribution in [0.3, 0.4) is 0 Å². The molecule has 0 aliphatic heterocycles. The molecule has 0 amide bonds. The zero-order chi connectivity index (χ0) is 12.3. The maximum Gasteiger partial charge on any atom is 0.303 e. The van der Waals surface area contributed by atoms with Crippen LogP contribution < -0.4 is 0 Å². The van der Waals surface area contributed by atoms with E-state index in [1.54, 1.807) is 0 Å². The summed E-state index contributed by atoms with van der Waals surface area (Å²) in [5, 5.41) is 8.75. The fourth-order valence-corrected chi connectivity index (χ4v) is 2.74. The molecule has 1 N–H and O–H groups in total. The van der Waals surface area contributed by atoms with Gasteiger partial charge in [-0.25, -0.2) is 4.98 Å². The molecule has 1 aromatic heterocycles. The van der Waals surface area contributed by atoms with Crippen molar-refractivity contribution in [2.75, 3.05) is 0 Å². The number of carboxylic acids is 1. The van der Waals surface area contributed by atoms with E-state index in [4.69, 9.17) is 5.11 Å². The molecule has 1 saturated carbocycles. The molecule has 2 rings (SSSR count). The van der Waals surface area contributed by atoms with Gasteiger partial charge in [-0.2, -0.15) is 0 Å². The second-order valence-electron chi connectivity index (χ2n) is 4.87. The first-order chi connectivity index (χ1) is 8.18. The van der Waals surface area contributed by atoms with Crippen LogP contribution in [-0.2, 0) is 11.2 Å². The molecule has 0 unspecified atom stereocenters. The van der Waals surface area contributed by atoms with Gasteiger partial charge < -0.3 is 9.67 Å². The van der Waals surface area contributed by atoms with Gasteiger partial charge in [0.05, 0.1) is 6.42 Å². The average Bonchev–Trinajstić information content (AvgIpc) is 2.69. The van der Waals surface area contributed by atoms with Gasteiger partial charge in [-0.15, -0.1) is 0 Å². The van der Waals surface area contributed by atoms with E-state index in [9.17, 15) is 4.79 Å². The van der Waals surface area contributed by atoms with Crippen LogP contribution >= 0.6 is 0 Å². The Labute approximate surface area is 102 Å². The summed E-state index contributed by atoms with van der Waals surface area (Å²) in [6.45, 7) is 2.06. The van der Waals surface area contributed by atoms with Crippen molar-refractivity contribution in [3.8, 4) is 0 Å². The molecular formula is C13H20N2O2. The number of aliphatic carboxylic acids is 1. The first kappa shape index (κ1) is 12.1. The van der Waals surface area contributed by atoms with Crippen molar-refractivity contribution in [1.82, 2.24) is 9.55 Å². The average molecular weight is 236 g/mol. The highest BCUT2D eigenvalue weighted by Gasteiger charge is 2.20. The molecule has 1 aromatic rings. The summed E-state index contributed by atoms with van der Waals surface area (Å²) in [5.74, 6) is 0.192. The quantitative estimate of drug-likeness (QED) is 0.874. The first-order valence-corrected chi connectivity index (χ1v) is 6.43. The van der Waals surface area contributed by atoms with Crippen LogP contribution in [0.5, 0.6) is 0 Å². The summed E-state index contributed by atoms with van der Waals surface area (Å²) < 4.78 is 2.27. The maximum absolute atomic E-state index is 10.6. The Hall–Kier alpha value is -1.32.